The highest BCUT2D eigenvalue weighted by Crippen LogP contribution is 2.36. The maximum atomic E-state index is 5.76. The van der Waals surface area contributed by atoms with Crippen molar-refractivity contribution in [2.75, 3.05) is 20.2 Å². The van der Waals surface area contributed by atoms with E-state index in [9.17, 15) is 0 Å². The van der Waals surface area contributed by atoms with Crippen LogP contribution in [0.5, 0.6) is 5.75 Å². The number of fused-ring (bicyclic) bond motifs is 1. The van der Waals surface area contributed by atoms with E-state index in [0.29, 0.717) is 5.92 Å². The Hall–Kier alpha value is -2.52. The van der Waals surface area contributed by atoms with Gasteiger partial charge in [0, 0.05) is 30.6 Å². The summed E-state index contributed by atoms with van der Waals surface area (Å²) in [5.74, 6) is 1.32. The largest absolute Gasteiger partial charge is 0.497 e. The molecule has 2 heterocycles. The molecule has 0 amide bonds. The number of hydrogen-bond donors (Lipinski definition) is 0. The lowest BCUT2D eigenvalue weighted by Crippen LogP contribution is -2.32. The third-order valence-electron chi connectivity index (χ3n) is 4.95. The second-order valence-electron chi connectivity index (χ2n) is 6.75. The van der Waals surface area contributed by atoms with Crippen molar-refractivity contribution in [3.8, 4) is 5.75 Å². The molecule has 3 heteroatoms. The van der Waals surface area contributed by atoms with Gasteiger partial charge in [-0.1, -0.05) is 43.3 Å². The van der Waals surface area contributed by atoms with Gasteiger partial charge in [-0.2, -0.15) is 0 Å². The Morgan fingerprint density at radius 1 is 1.16 bits per heavy atom. The minimum atomic E-state index is 0.442. The molecule has 1 atom stereocenters. The van der Waals surface area contributed by atoms with Gasteiger partial charge in [0.05, 0.1) is 13.4 Å². The monoisotopic (exact) mass is 333 g/mol. The van der Waals surface area contributed by atoms with Gasteiger partial charge in [-0.3, -0.25) is 4.90 Å². The Morgan fingerprint density at radius 3 is 2.76 bits per heavy atom. The summed E-state index contributed by atoms with van der Waals surface area (Å²) < 4.78 is 11.2. The zero-order valence-corrected chi connectivity index (χ0v) is 14.7. The minimum absolute atomic E-state index is 0.442. The lowest BCUT2D eigenvalue weighted by molar-refractivity contribution is 0.263. The number of rotatable bonds is 4. The van der Waals surface area contributed by atoms with Crippen molar-refractivity contribution in [2.45, 2.75) is 13.5 Å². The summed E-state index contributed by atoms with van der Waals surface area (Å²) >= 11 is 0. The molecule has 0 spiro atoms. The van der Waals surface area contributed by atoms with E-state index < -0.39 is 0 Å². The molecule has 1 aliphatic rings. The zero-order chi connectivity index (χ0) is 17.2. The molecule has 0 saturated carbocycles. The molecular formula is C22H23NO2. The van der Waals surface area contributed by atoms with Crippen molar-refractivity contribution in [2.24, 2.45) is 5.92 Å². The zero-order valence-electron chi connectivity index (χ0n) is 14.7. The summed E-state index contributed by atoms with van der Waals surface area (Å²) in [4.78, 5) is 2.49. The number of methoxy groups -OCH3 is 1. The van der Waals surface area contributed by atoms with E-state index in [4.69, 9.17) is 9.15 Å². The molecule has 0 N–H and O–H groups in total. The van der Waals surface area contributed by atoms with Crippen LogP contribution in [0.4, 0.5) is 0 Å². The van der Waals surface area contributed by atoms with Gasteiger partial charge in [0.1, 0.15) is 11.3 Å². The van der Waals surface area contributed by atoms with Gasteiger partial charge in [-0.05, 0) is 35.3 Å². The van der Waals surface area contributed by atoms with Crippen molar-refractivity contribution >= 4 is 16.5 Å². The third kappa shape index (κ3) is 3.20. The summed E-state index contributed by atoms with van der Waals surface area (Å²) in [6.45, 7) is 5.27. The number of furan rings is 1. The quantitative estimate of drug-likeness (QED) is 0.673. The average Bonchev–Trinajstić information content (AvgIpc) is 3.10. The van der Waals surface area contributed by atoms with Gasteiger partial charge in [0.25, 0.3) is 0 Å². The molecule has 0 saturated heterocycles. The molecule has 25 heavy (non-hydrogen) atoms. The highest BCUT2D eigenvalue weighted by Gasteiger charge is 2.23. The molecule has 3 aromatic rings. The Balaban J connectivity index is 1.62. The molecule has 0 aliphatic carbocycles. The molecule has 1 aromatic heterocycles. The Morgan fingerprint density at radius 2 is 2.00 bits per heavy atom. The van der Waals surface area contributed by atoms with Crippen molar-refractivity contribution in [3.05, 3.63) is 72.0 Å². The summed E-state index contributed by atoms with van der Waals surface area (Å²) in [7, 11) is 1.71. The van der Waals surface area contributed by atoms with E-state index in [0.717, 1.165) is 41.9 Å². The molecule has 3 nitrogen and oxygen atoms in total. The van der Waals surface area contributed by atoms with Crippen molar-refractivity contribution in [3.63, 3.8) is 0 Å². The van der Waals surface area contributed by atoms with E-state index in [1.54, 1.807) is 13.4 Å². The smallest absolute Gasteiger partial charge is 0.141 e. The Bertz CT molecular complexity index is 895. The standard InChI is InChI=1S/C22H23NO2/c1-16-14-23(15-17-6-4-3-5-7-17)10-8-20(16)21-13-19(24-2)12-18-9-11-25-22(18)21/h3-9,11-13,16H,10,14-15H2,1-2H3. The number of benzene rings is 2. The van der Waals surface area contributed by atoms with E-state index in [1.807, 2.05) is 12.1 Å². The van der Waals surface area contributed by atoms with Crippen LogP contribution >= 0.6 is 0 Å². The van der Waals surface area contributed by atoms with Gasteiger partial charge in [0.15, 0.2) is 0 Å². The van der Waals surface area contributed by atoms with Gasteiger partial charge in [-0.25, -0.2) is 0 Å². The van der Waals surface area contributed by atoms with Crippen molar-refractivity contribution in [1.82, 2.24) is 4.90 Å². The minimum Gasteiger partial charge on any atom is -0.497 e. The number of ether oxygens (including phenoxy) is 1. The first-order valence-corrected chi connectivity index (χ1v) is 8.76. The van der Waals surface area contributed by atoms with Crippen LogP contribution < -0.4 is 4.74 Å². The predicted octanol–water partition coefficient (Wildman–Crippen LogP) is 4.98. The van der Waals surface area contributed by atoms with Crippen molar-refractivity contribution < 1.29 is 9.15 Å². The fraction of sp³-hybridized carbons (Fsp3) is 0.273. The molecule has 128 valence electrons. The molecule has 2 aromatic carbocycles. The Labute approximate surface area is 148 Å². The van der Waals surface area contributed by atoms with E-state index >= 15 is 0 Å². The molecular weight excluding hydrogens is 310 g/mol. The SMILES string of the molecule is COc1cc(C2=CCN(Cc3ccccc3)CC2C)c2occc2c1. The van der Waals surface area contributed by atoms with Gasteiger partial charge < -0.3 is 9.15 Å². The fourth-order valence-electron chi connectivity index (χ4n) is 3.72. The summed E-state index contributed by atoms with van der Waals surface area (Å²) in [6, 6.07) is 16.8. The van der Waals surface area contributed by atoms with E-state index in [1.165, 1.54) is 11.1 Å². The van der Waals surface area contributed by atoms with Gasteiger partial charge in [0.2, 0.25) is 0 Å². The van der Waals surface area contributed by atoms with Gasteiger partial charge in [-0.15, -0.1) is 0 Å². The maximum Gasteiger partial charge on any atom is 0.141 e. The normalized spacial score (nSPS) is 18.3. The Kier molecular flexibility index (Phi) is 4.33. The van der Waals surface area contributed by atoms with Crippen LogP contribution in [0.2, 0.25) is 0 Å². The molecule has 1 aliphatic heterocycles. The first kappa shape index (κ1) is 16.0. The molecule has 0 radical (unpaired) electrons. The average molecular weight is 333 g/mol. The van der Waals surface area contributed by atoms with E-state index in [-0.39, 0.29) is 0 Å². The second kappa shape index (κ2) is 6.77. The third-order valence-corrected chi connectivity index (χ3v) is 4.95. The topological polar surface area (TPSA) is 25.6 Å². The summed E-state index contributed by atoms with van der Waals surface area (Å²) in [6.07, 6.45) is 4.09. The van der Waals surface area contributed by atoms with Crippen LogP contribution in [0, 0.1) is 5.92 Å². The van der Waals surface area contributed by atoms with Crippen LogP contribution in [0.1, 0.15) is 18.1 Å². The van der Waals surface area contributed by atoms with Gasteiger partial charge >= 0.3 is 0 Å². The van der Waals surface area contributed by atoms with Crippen LogP contribution in [0.3, 0.4) is 0 Å². The van der Waals surface area contributed by atoms with Crippen LogP contribution in [-0.2, 0) is 6.54 Å². The fourth-order valence-corrected chi connectivity index (χ4v) is 3.72. The molecule has 0 fully saturated rings. The van der Waals surface area contributed by atoms with Crippen LogP contribution in [0.15, 0.2) is 65.3 Å². The van der Waals surface area contributed by atoms with Crippen molar-refractivity contribution in [1.29, 1.82) is 0 Å². The number of nitrogens with zero attached hydrogens (tertiary/aromatic N) is 1. The molecule has 4 rings (SSSR count). The lowest BCUT2D eigenvalue weighted by atomic mass is 9.89. The second-order valence-corrected chi connectivity index (χ2v) is 6.75. The summed E-state index contributed by atoms with van der Waals surface area (Å²) in [5.41, 5.74) is 4.83. The first-order valence-electron chi connectivity index (χ1n) is 8.76. The predicted molar refractivity (Wildman–Crippen MR) is 102 cm³/mol. The van der Waals surface area contributed by atoms with Crippen LogP contribution in [-0.4, -0.2) is 25.1 Å². The highest BCUT2D eigenvalue weighted by molar-refractivity contribution is 5.91. The lowest BCUT2D eigenvalue weighted by Gasteiger charge is -2.31. The maximum absolute atomic E-state index is 5.76. The number of hydrogen-bond acceptors (Lipinski definition) is 3. The molecule has 0 bridgehead atoms. The summed E-state index contributed by atoms with van der Waals surface area (Å²) in [5, 5.41) is 1.09. The highest BCUT2D eigenvalue weighted by atomic mass is 16.5. The van der Waals surface area contributed by atoms with E-state index in [2.05, 4.69) is 54.3 Å². The molecule has 1 unspecified atom stereocenters. The van der Waals surface area contributed by atoms with Crippen LogP contribution in [0.25, 0.3) is 16.5 Å². The first-order chi connectivity index (χ1) is 12.2.